The lowest BCUT2D eigenvalue weighted by Crippen LogP contribution is -2.18. The van der Waals surface area contributed by atoms with Crippen LogP contribution in [0.15, 0.2) is 6.20 Å². The average Bonchev–Trinajstić information content (AvgIpc) is 2.50. The van der Waals surface area contributed by atoms with Crippen LogP contribution in [0.25, 0.3) is 0 Å². The van der Waals surface area contributed by atoms with Crippen molar-refractivity contribution in [2.24, 2.45) is 5.73 Å². The molecule has 1 rings (SSSR count). The van der Waals surface area contributed by atoms with Crippen molar-refractivity contribution >= 4 is 11.9 Å². The second-order valence-corrected chi connectivity index (χ2v) is 2.26. The van der Waals surface area contributed by atoms with Crippen LogP contribution in [-0.2, 0) is 16.1 Å². The van der Waals surface area contributed by atoms with E-state index in [2.05, 4.69) is 15.0 Å². The highest BCUT2D eigenvalue weighted by Gasteiger charge is 2.10. The molecule has 0 saturated heterocycles. The zero-order valence-corrected chi connectivity index (χ0v) is 6.93. The maximum atomic E-state index is 10.9. The van der Waals surface area contributed by atoms with Crippen LogP contribution in [0.1, 0.15) is 10.5 Å². The number of methoxy groups -OCH3 is 1. The number of nitrogens with two attached hydrogens (primary N) is 1. The van der Waals surface area contributed by atoms with E-state index in [1.165, 1.54) is 13.3 Å². The van der Waals surface area contributed by atoms with Gasteiger partial charge in [0.2, 0.25) is 5.91 Å². The van der Waals surface area contributed by atoms with Crippen LogP contribution < -0.4 is 5.73 Å². The van der Waals surface area contributed by atoms with Crippen LogP contribution in [0.4, 0.5) is 0 Å². The van der Waals surface area contributed by atoms with Crippen molar-refractivity contribution in [1.82, 2.24) is 15.0 Å². The Hall–Kier alpha value is -1.92. The van der Waals surface area contributed by atoms with E-state index in [0.717, 1.165) is 4.68 Å². The van der Waals surface area contributed by atoms with Gasteiger partial charge in [0.05, 0.1) is 13.3 Å². The highest BCUT2D eigenvalue weighted by atomic mass is 16.5. The monoisotopic (exact) mass is 184 g/mol. The Morgan fingerprint density at radius 2 is 2.38 bits per heavy atom. The molecule has 13 heavy (non-hydrogen) atoms. The smallest absolute Gasteiger partial charge is 0.360 e. The second kappa shape index (κ2) is 3.65. The third-order valence-corrected chi connectivity index (χ3v) is 1.25. The van der Waals surface area contributed by atoms with E-state index in [4.69, 9.17) is 5.73 Å². The summed E-state index contributed by atoms with van der Waals surface area (Å²) in [4.78, 5) is 21.3. The molecule has 70 valence electrons. The van der Waals surface area contributed by atoms with Crippen LogP contribution in [0.3, 0.4) is 0 Å². The number of esters is 1. The normalized spacial score (nSPS) is 9.62. The van der Waals surface area contributed by atoms with E-state index < -0.39 is 11.9 Å². The number of carbonyl (C=O) groups is 2. The van der Waals surface area contributed by atoms with Crippen molar-refractivity contribution in [2.75, 3.05) is 7.11 Å². The van der Waals surface area contributed by atoms with Gasteiger partial charge in [-0.15, -0.1) is 5.10 Å². The maximum absolute atomic E-state index is 10.9. The van der Waals surface area contributed by atoms with Gasteiger partial charge < -0.3 is 10.5 Å². The first-order valence-electron chi connectivity index (χ1n) is 3.40. The van der Waals surface area contributed by atoms with E-state index in [-0.39, 0.29) is 12.2 Å². The lowest BCUT2D eigenvalue weighted by Gasteiger charge is -1.92. The lowest BCUT2D eigenvalue weighted by molar-refractivity contribution is -0.118. The predicted octanol–water partition coefficient (Wildman–Crippen LogP) is -1.45. The number of amides is 1. The Morgan fingerprint density at radius 1 is 1.69 bits per heavy atom. The quantitative estimate of drug-likeness (QED) is 0.579. The second-order valence-electron chi connectivity index (χ2n) is 2.26. The Kier molecular flexibility index (Phi) is 2.58. The number of aromatic nitrogens is 3. The van der Waals surface area contributed by atoms with Crippen LogP contribution in [0.2, 0.25) is 0 Å². The predicted molar refractivity (Wildman–Crippen MR) is 40.6 cm³/mol. The van der Waals surface area contributed by atoms with Crippen molar-refractivity contribution in [3.8, 4) is 0 Å². The van der Waals surface area contributed by atoms with E-state index in [1.807, 2.05) is 0 Å². The topological polar surface area (TPSA) is 100 Å². The molecule has 0 unspecified atom stereocenters. The first-order chi connectivity index (χ1) is 6.13. The van der Waals surface area contributed by atoms with Gasteiger partial charge in [0.15, 0.2) is 5.69 Å². The highest BCUT2D eigenvalue weighted by molar-refractivity contribution is 5.86. The molecule has 0 aliphatic rings. The average molecular weight is 184 g/mol. The molecule has 0 saturated carbocycles. The highest BCUT2D eigenvalue weighted by Crippen LogP contribution is 1.94. The van der Waals surface area contributed by atoms with Crippen molar-refractivity contribution < 1.29 is 14.3 Å². The summed E-state index contributed by atoms with van der Waals surface area (Å²) in [5.74, 6) is -1.16. The van der Waals surface area contributed by atoms with Crippen molar-refractivity contribution in [1.29, 1.82) is 0 Å². The Labute approximate surface area is 73.5 Å². The fraction of sp³-hybridized carbons (Fsp3) is 0.333. The Balaban J connectivity index is 2.74. The molecule has 0 spiro atoms. The van der Waals surface area contributed by atoms with Gasteiger partial charge in [-0.2, -0.15) is 0 Å². The number of ether oxygens (including phenoxy) is 1. The molecule has 0 bridgehead atoms. The SMILES string of the molecule is COC(=O)c1cn(CC(N)=O)nn1. The molecule has 0 fully saturated rings. The van der Waals surface area contributed by atoms with Gasteiger partial charge in [-0.3, -0.25) is 4.79 Å². The number of hydrogen-bond acceptors (Lipinski definition) is 5. The van der Waals surface area contributed by atoms with E-state index in [1.54, 1.807) is 0 Å². The molecule has 1 aromatic heterocycles. The van der Waals surface area contributed by atoms with Crippen LogP contribution in [-0.4, -0.2) is 34.0 Å². The van der Waals surface area contributed by atoms with Gasteiger partial charge in [0.1, 0.15) is 6.54 Å². The lowest BCUT2D eigenvalue weighted by atomic mass is 10.5. The molecule has 7 heteroatoms. The molecular weight excluding hydrogens is 176 g/mol. The summed E-state index contributed by atoms with van der Waals surface area (Å²) < 4.78 is 5.54. The Morgan fingerprint density at radius 3 is 2.92 bits per heavy atom. The van der Waals surface area contributed by atoms with Crippen LogP contribution in [0, 0.1) is 0 Å². The van der Waals surface area contributed by atoms with Gasteiger partial charge in [-0.1, -0.05) is 5.21 Å². The molecule has 1 amide bonds. The summed E-state index contributed by atoms with van der Waals surface area (Å²) >= 11 is 0. The van der Waals surface area contributed by atoms with Gasteiger partial charge in [0.25, 0.3) is 0 Å². The summed E-state index contributed by atoms with van der Waals surface area (Å²) in [7, 11) is 1.23. The molecule has 1 aromatic rings. The van der Waals surface area contributed by atoms with Crippen molar-refractivity contribution in [3.63, 3.8) is 0 Å². The molecular formula is C6H8N4O3. The number of primary amides is 1. The minimum atomic E-state index is -0.601. The summed E-state index contributed by atoms with van der Waals surface area (Å²) in [5.41, 5.74) is 4.94. The third kappa shape index (κ3) is 2.26. The molecule has 0 radical (unpaired) electrons. The first kappa shape index (κ1) is 9.17. The minimum Gasteiger partial charge on any atom is -0.464 e. The zero-order chi connectivity index (χ0) is 9.84. The van der Waals surface area contributed by atoms with Gasteiger partial charge in [-0.05, 0) is 0 Å². The van der Waals surface area contributed by atoms with Gasteiger partial charge >= 0.3 is 5.97 Å². The molecule has 2 N–H and O–H groups in total. The van der Waals surface area contributed by atoms with Gasteiger partial charge in [0, 0.05) is 0 Å². The van der Waals surface area contributed by atoms with Gasteiger partial charge in [-0.25, -0.2) is 9.48 Å². The van der Waals surface area contributed by atoms with Crippen LogP contribution in [0.5, 0.6) is 0 Å². The van der Waals surface area contributed by atoms with Crippen molar-refractivity contribution in [2.45, 2.75) is 6.54 Å². The zero-order valence-electron chi connectivity index (χ0n) is 6.93. The molecule has 7 nitrogen and oxygen atoms in total. The number of nitrogens with zero attached hydrogens (tertiary/aromatic N) is 3. The molecule has 0 atom stereocenters. The summed E-state index contributed by atoms with van der Waals surface area (Å²) in [6.07, 6.45) is 1.29. The summed E-state index contributed by atoms with van der Waals surface area (Å²) in [6, 6.07) is 0. The Bertz CT molecular complexity index is 332. The molecule has 0 aliphatic heterocycles. The van der Waals surface area contributed by atoms with E-state index in [0.29, 0.717) is 0 Å². The number of carbonyl (C=O) groups excluding carboxylic acids is 2. The minimum absolute atomic E-state index is 0.0451. The number of hydrogen-bond donors (Lipinski definition) is 1. The van der Waals surface area contributed by atoms with E-state index >= 15 is 0 Å². The standard InChI is InChI=1S/C6H8N4O3/c1-13-6(12)4-2-10(9-8-4)3-5(7)11/h2H,3H2,1H3,(H2,7,11). The molecule has 0 aromatic carbocycles. The fourth-order valence-electron chi connectivity index (χ4n) is 0.733. The number of rotatable bonds is 3. The molecule has 0 aliphatic carbocycles. The molecule has 1 heterocycles. The van der Waals surface area contributed by atoms with Crippen molar-refractivity contribution in [3.05, 3.63) is 11.9 Å². The third-order valence-electron chi connectivity index (χ3n) is 1.25. The summed E-state index contributed by atoms with van der Waals surface area (Å²) in [6.45, 7) is -0.107. The first-order valence-corrected chi connectivity index (χ1v) is 3.40. The van der Waals surface area contributed by atoms with E-state index in [9.17, 15) is 9.59 Å². The maximum Gasteiger partial charge on any atom is 0.360 e. The summed E-state index contributed by atoms with van der Waals surface area (Å²) in [5, 5.41) is 6.96. The van der Waals surface area contributed by atoms with Crippen LogP contribution >= 0.6 is 0 Å². The fourth-order valence-corrected chi connectivity index (χ4v) is 0.733. The largest absolute Gasteiger partial charge is 0.464 e.